The van der Waals surface area contributed by atoms with Crippen molar-refractivity contribution in [2.45, 2.75) is 31.5 Å². The van der Waals surface area contributed by atoms with Crippen LogP contribution in [-0.4, -0.2) is 58.0 Å². The third-order valence-electron chi connectivity index (χ3n) is 5.53. The smallest absolute Gasteiger partial charge is 0.360 e. The lowest BCUT2D eigenvalue weighted by atomic mass is 10.1. The van der Waals surface area contributed by atoms with Crippen LogP contribution in [0.1, 0.15) is 33.4 Å². The van der Waals surface area contributed by atoms with Gasteiger partial charge < -0.3 is 10.1 Å². The molecule has 0 unspecified atom stereocenters. The third kappa shape index (κ3) is 5.20. The number of methoxy groups -OCH3 is 1. The summed E-state index contributed by atoms with van der Waals surface area (Å²) in [5.41, 5.74) is 1.11. The fourth-order valence-electron chi connectivity index (χ4n) is 3.87. The van der Waals surface area contributed by atoms with E-state index in [1.54, 1.807) is 34.3 Å². The van der Waals surface area contributed by atoms with Crippen LogP contribution in [0.4, 0.5) is 4.39 Å². The summed E-state index contributed by atoms with van der Waals surface area (Å²) in [6.07, 6.45) is 2.74. The number of hydrogen-bond donors (Lipinski definition) is 1. The van der Waals surface area contributed by atoms with Gasteiger partial charge >= 0.3 is 5.97 Å². The Labute approximate surface area is 189 Å². The SMILES string of the molecule is COC(=O)c1cn([C@H]2C[C@@H](C(=O)NCCc3ccc(F)cc3)N(Cc3cccs3)C2)nn1. The molecular weight excluding hydrogens is 433 g/mol. The number of nitrogens with zero attached hydrogens (tertiary/aromatic N) is 4. The molecule has 0 radical (unpaired) electrons. The van der Waals surface area contributed by atoms with E-state index >= 15 is 0 Å². The van der Waals surface area contributed by atoms with E-state index in [0.717, 1.165) is 5.56 Å². The van der Waals surface area contributed by atoms with Crippen molar-refractivity contribution >= 4 is 23.2 Å². The minimum Gasteiger partial charge on any atom is -0.464 e. The summed E-state index contributed by atoms with van der Waals surface area (Å²) in [7, 11) is 1.30. The van der Waals surface area contributed by atoms with Gasteiger partial charge in [0.05, 0.1) is 25.4 Å². The Morgan fingerprint density at radius 1 is 1.28 bits per heavy atom. The summed E-state index contributed by atoms with van der Waals surface area (Å²) in [5.74, 6) is -0.873. The molecule has 4 rings (SSSR count). The number of ether oxygens (including phenoxy) is 1. The summed E-state index contributed by atoms with van der Waals surface area (Å²) in [6, 6.07) is 9.90. The summed E-state index contributed by atoms with van der Waals surface area (Å²) >= 11 is 1.65. The lowest BCUT2D eigenvalue weighted by molar-refractivity contribution is -0.125. The van der Waals surface area contributed by atoms with Gasteiger partial charge in [-0.05, 0) is 42.0 Å². The molecule has 3 heterocycles. The molecule has 0 saturated carbocycles. The Kier molecular flexibility index (Phi) is 6.91. The zero-order chi connectivity index (χ0) is 22.5. The maximum Gasteiger partial charge on any atom is 0.360 e. The van der Waals surface area contributed by atoms with Crippen LogP contribution in [0.2, 0.25) is 0 Å². The van der Waals surface area contributed by atoms with E-state index < -0.39 is 5.97 Å². The average molecular weight is 458 g/mol. The van der Waals surface area contributed by atoms with Crippen molar-refractivity contribution in [1.82, 2.24) is 25.2 Å². The molecule has 32 heavy (non-hydrogen) atoms. The highest BCUT2D eigenvalue weighted by molar-refractivity contribution is 7.09. The van der Waals surface area contributed by atoms with Crippen LogP contribution in [0.3, 0.4) is 0 Å². The number of rotatable bonds is 8. The molecule has 10 heteroatoms. The number of benzene rings is 1. The van der Waals surface area contributed by atoms with Crippen LogP contribution < -0.4 is 5.32 Å². The predicted molar refractivity (Wildman–Crippen MR) is 117 cm³/mol. The maximum absolute atomic E-state index is 13.1. The number of carbonyl (C=O) groups excluding carboxylic acids is 2. The highest BCUT2D eigenvalue weighted by Crippen LogP contribution is 2.29. The van der Waals surface area contributed by atoms with Crippen molar-refractivity contribution < 1.29 is 18.7 Å². The topological polar surface area (TPSA) is 89.4 Å². The maximum atomic E-state index is 13.1. The van der Waals surface area contributed by atoms with Gasteiger partial charge in [-0.3, -0.25) is 9.69 Å². The lowest BCUT2D eigenvalue weighted by Crippen LogP contribution is -2.43. The quantitative estimate of drug-likeness (QED) is 0.523. The molecule has 0 spiro atoms. The van der Waals surface area contributed by atoms with Crippen molar-refractivity contribution in [2.75, 3.05) is 20.2 Å². The van der Waals surface area contributed by atoms with Crippen LogP contribution in [0.25, 0.3) is 0 Å². The number of nitrogens with one attached hydrogen (secondary N) is 1. The molecule has 1 saturated heterocycles. The standard InChI is InChI=1S/C22H24FN5O3S/c1-31-22(30)19-14-28(26-25-19)17-11-20(27(12-17)13-18-3-2-10-32-18)21(29)24-9-8-15-4-6-16(23)7-5-15/h2-7,10,14,17,20H,8-9,11-13H2,1H3,(H,24,29)/t17-,20-/m0/s1. The molecule has 2 aromatic heterocycles. The van der Waals surface area contributed by atoms with Crippen LogP contribution >= 0.6 is 11.3 Å². The molecule has 2 atom stereocenters. The third-order valence-corrected chi connectivity index (χ3v) is 6.39. The zero-order valence-electron chi connectivity index (χ0n) is 17.6. The van der Waals surface area contributed by atoms with Gasteiger partial charge in [0.1, 0.15) is 5.82 Å². The van der Waals surface area contributed by atoms with Crippen LogP contribution in [-0.2, 0) is 22.5 Å². The van der Waals surface area contributed by atoms with E-state index in [2.05, 4.69) is 20.5 Å². The Morgan fingerprint density at radius 2 is 2.09 bits per heavy atom. The van der Waals surface area contributed by atoms with E-state index in [1.165, 1.54) is 24.1 Å². The van der Waals surface area contributed by atoms with Gasteiger partial charge in [-0.25, -0.2) is 13.9 Å². The van der Waals surface area contributed by atoms with E-state index in [-0.39, 0.29) is 29.5 Å². The molecule has 1 fully saturated rings. The average Bonchev–Trinajstić information content (AvgIpc) is 3.55. The van der Waals surface area contributed by atoms with Crippen molar-refractivity contribution in [3.63, 3.8) is 0 Å². The molecule has 1 amide bonds. The fraction of sp³-hybridized carbons (Fsp3) is 0.364. The van der Waals surface area contributed by atoms with Gasteiger partial charge in [-0.2, -0.15) is 0 Å². The molecule has 0 bridgehead atoms. The molecule has 3 aromatic rings. The number of esters is 1. The highest BCUT2D eigenvalue weighted by atomic mass is 32.1. The van der Waals surface area contributed by atoms with E-state index in [0.29, 0.717) is 32.5 Å². The lowest BCUT2D eigenvalue weighted by Gasteiger charge is -2.22. The van der Waals surface area contributed by atoms with Crippen LogP contribution in [0, 0.1) is 5.82 Å². The molecule has 1 aliphatic rings. The first kappa shape index (κ1) is 22.1. The predicted octanol–water partition coefficient (Wildman–Crippen LogP) is 2.44. The number of halogens is 1. The fourth-order valence-corrected chi connectivity index (χ4v) is 4.60. The molecule has 8 nitrogen and oxygen atoms in total. The van der Waals surface area contributed by atoms with Crippen LogP contribution in [0.15, 0.2) is 48.0 Å². The molecule has 168 valence electrons. The minimum atomic E-state index is -0.542. The second-order valence-electron chi connectivity index (χ2n) is 7.66. The molecular formula is C22H24FN5O3S. The number of hydrogen-bond acceptors (Lipinski definition) is 7. The summed E-state index contributed by atoms with van der Waals surface area (Å²) in [6.45, 7) is 1.73. The Hall–Kier alpha value is -3.11. The molecule has 1 aliphatic heterocycles. The van der Waals surface area contributed by atoms with E-state index in [9.17, 15) is 14.0 Å². The normalized spacial score (nSPS) is 18.6. The summed E-state index contributed by atoms with van der Waals surface area (Å²) < 4.78 is 19.4. The number of thiophene rings is 1. The van der Waals surface area contributed by atoms with Crippen molar-refractivity contribution in [3.05, 3.63) is 69.9 Å². The first-order valence-corrected chi connectivity index (χ1v) is 11.2. The number of aromatic nitrogens is 3. The van der Waals surface area contributed by atoms with Gasteiger partial charge in [0, 0.05) is 24.5 Å². The number of amides is 1. The Balaban J connectivity index is 1.42. The zero-order valence-corrected chi connectivity index (χ0v) is 18.4. The van der Waals surface area contributed by atoms with Crippen molar-refractivity contribution in [2.24, 2.45) is 0 Å². The largest absolute Gasteiger partial charge is 0.464 e. The highest BCUT2D eigenvalue weighted by Gasteiger charge is 2.38. The van der Waals surface area contributed by atoms with Crippen LogP contribution in [0.5, 0.6) is 0 Å². The second kappa shape index (κ2) is 10.0. The summed E-state index contributed by atoms with van der Waals surface area (Å²) in [4.78, 5) is 28.0. The van der Waals surface area contributed by atoms with Gasteiger partial charge in [0.25, 0.3) is 0 Å². The Morgan fingerprint density at radius 3 is 2.81 bits per heavy atom. The van der Waals surface area contributed by atoms with Gasteiger partial charge in [-0.15, -0.1) is 16.4 Å². The Bertz CT molecular complexity index is 1050. The van der Waals surface area contributed by atoms with Gasteiger partial charge in [0.15, 0.2) is 5.69 Å². The first-order valence-electron chi connectivity index (χ1n) is 10.3. The van der Waals surface area contributed by atoms with Crippen molar-refractivity contribution in [1.29, 1.82) is 0 Å². The first-order chi connectivity index (χ1) is 15.5. The second-order valence-corrected chi connectivity index (χ2v) is 8.69. The van der Waals surface area contributed by atoms with Gasteiger partial charge in [-0.1, -0.05) is 23.4 Å². The molecule has 0 aliphatic carbocycles. The molecule has 1 aromatic carbocycles. The monoisotopic (exact) mass is 457 g/mol. The minimum absolute atomic E-state index is 0.0560. The number of likely N-dealkylation sites (tertiary alicyclic amines) is 1. The summed E-state index contributed by atoms with van der Waals surface area (Å²) in [5, 5.41) is 13.0. The number of carbonyl (C=O) groups is 2. The molecule has 1 N–H and O–H groups in total. The van der Waals surface area contributed by atoms with E-state index in [4.69, 9.17) is 4.74 Å². The van der Waals surface area contributed by atoms with Gasteiger partial charge in [0.2, 0.25) is 5.91 Å². The van der Waals surface area contributed by atoms with E-state index in [1.807, 2.05) is 17.5 Å². The van der Waals surface area contributed by atoms with Crippen molar-refractivity contribution in [3.8, 4) is 0 Å².